The fourth-order valence-corrected chi connectivity index (χ4v) is 2.17. The third-order valence-corrected chi connectivity index (χ3v) is 3.41. The van der Waals surface area contributed by atoms with Crippen molar-refractivity contribution in [1.29, 1.82) is 0 Å². The molecule has 1 aromatic heterocycles. The summed E-state index contributed by atoms with van der Waals surface area (Å²) in [5.41, 5.74) is 0.994. The minimum atomic E-state index is 0.923. The number of hydrogen-bond acceptors (Lipinski definition) is 3. The zero-order valence-corrected chi connectivity index (χ0v) is 10.1. The highest BCUT2D eigenvalue weighted by molar-refractivity contribution is 5.92. The van der Waals surface area contributed by atoms with Crippen LogP contribution in [-0.2, 0) is 0 Å². The molecule has 1 heterocycles. The Balaban J connectivity index is 1.84. The van der Waals surface area contributed by atoms with Gasteiger partial charge in [-0.15, -0.1) is 5.10 Å². The zero-order chi connectivity index (χ0) is 11.7. The van der Waals surface area contributed by atoms with Gasteiger partial charge in [-0.1, -0.05) is 37.1 Å². The van der Waals surface area contributed by atoms with Crippen LogP contribution in [0.15, 0.2) is 24.3 Å². The summed E-state index contributed by atoms with van der Waals surface area (Å²) in [6, 6.07) is 8.31. The molecule has 0 atom stereocenters. The Morgan fingerprint density at radius 1 is 1.18 bits per heavy atom. The van der Waals surface area contributed by atoms with E-state index in [1.54, 1.807) is 0 Å². The Kier molecular flexibility index (Phi) is 2.67. The number of anilines is 1. The van der Waals surface area contributed by atoms with Crippen LogP contribution in [0.25, 0.3) is 10.8 Å². The molecule has 3 nitrogen and oxygen atoms in total. The molecule has 0 unspecified atom stereocenters. The molecule has 0 bridgehead atoms. The van der Waals surface area contributed by atoms with E-state index in [1.165, 1.54) is 30.0 Å². The van der Waals surface area contributed by atoms with E-state index in [4.69, 9.17) is 0 Å². The SMILES string of the molecule is Cc1nnc(NCCC2CC2)c2ccccc12. The average molecular weight is 227 g/mol. The van der Waals surface area contributed by atoms with Gasteiger partial charge >= 0.3 is 0 Å². The first kappa shape index (κ1) is 10.5. The molecule has 3 heteroatoms. The van der Waals surface area contributed by atoms with Crippen LogP contribution >= 0.6 is 0 Å². The maximum absolute atomic E-state index is 4.26. The first-order valence-electron chi connectivity index (χ1n) is 6.30. The smallest absolute Gasteiger partial charge is 0.156 e. The summed E-state index contributed by atoms with van der Waals surface area (Å²) in [6.07, 6.45) is 4.06. The molecular formula is C14H17N3. The Labute approximate surface area is 101 Å². The van der Waals surface area contributed by atoms with E-state index in [2.05, 4.69) is 33.7 Å². The van der Waals surface area contributed by atoms with Crippen LogP contribution in [0.1, 0.15) is 25.0 Å². The van der Waals surface area contributed by atoms with E-state index in [0.717, 1.165) is 24.0 Å². The van der Waals surface area contributed by atoms with Gasteiger partial charge in [-0.25, -0.2) is 0 Å². The van der Waals surface area contributed by atoms with Crippen LogP contribution in [0.5, 0.6) is 0 Å². The molecule has 3 rings (SSSR count). The molecule has 88 valence electrons. The minimum Gasteiger partial charge on any atom is -0.368 e. The molecule has 17 heavy (non-hydrogen) atoms. The molecule has 2 aromatic rings. The van der Waals surface area contributed by atoms with E-state index < -0.39 is 0 Å². The van der Waals surface area contributed by atoms with E-state index in [-0.39, 0.29) is 0 Å². The lowest BCUT2D eigenvalue weighted by Crippen LogP contribution is -2.06. The molecule has 0 saturated heterocycles. The largest absolute Gasteiger partial charge is 0.368 e. The van der Waals surface area contributed by atoms with Crippen molar-refractivity contribution in [3.63, 3.8) is 0 Å². The van der Waals surface area contributed by atoms with Crippen LogP contribution in [0.3, 0.4) is 0 Å². The van der Waals surface area contributed by atoms with Gasteiger partial charge in [0.2, 0.25) is 0 Å². The summed E-state index contributed by atoms with van der Waals surface area (Å²) in [6.45, 7) is 3.01. The van der Waals surface area contributed by atoms with Crippen LogP contribution < -0.4 is 5.32 Å². The third-order valence-electron chi connectivity index (χ3n) is 3.41. The summed E-state index contributed by atoms with van der Waals surface area (Å²) >= 11 is 0. The van der Waals surface area contributed by atoms with Gasteiger partial charge in [-0.3, -0.25) is 0 Å². The Morgan fingerprint density at radius 2 is 1.94 bits per heavy atom. The van der Waals surface area contributed by atoms with Crippen LogP contribution in [0.4, 0.5) is 5.82 Å². The number of aromatic nitrogens is 2. The number of benzene rings is 1. The summed E-state index contributed by atoms with van der Waals surface area (Å²) < 4.78 is 0. The van der Waals surface area contributed by atoms with Crippen molar-refractivity contribution in [1.82, 2.24) is 10.2 Å². The van der Waals surface area contributed by atoms with Crippen molar-refractivity contribution in [2.75, 3.05) is 11.9 Å². The molecule has 0 amide bonds. The third kappa shape index (κ3) is 2.23. The summed E-state index contributed by atoms with van der Waals surface area (Å²) in [5, 5.41) is 14.3. The van der Waals surface area contributed by atoms with Crippen molar-refractivity contribution in [2.45, 2.75) is 26.2 Å². The van der Waals surface area contributed by atoms with Crippen molar-refractivity contribution in [3.8, 4) is 0 Å². The van der Waals surface area contributed by atoms with E-state index in [0.29, 0.717) is 0 Å². The van der Waals surface area contributed by atoms with E-state index in [1.807, 2.05) is 13.0 Å². The van der Waals surface area contributed by atoms with Gasteiger partial charge in [0.1, 0.15) is 0 Å². The molecule has 0 radical (unpaired) electrons. The number of hydrogen-bond donors (Lipinski definition) is 1. The van der Waals surface area contributed by atoms with Crippen molar-refractivity contribution < 1.29 is 0 Å². The summed E-state index contributed by atoms with van der Waals surface area (Å²) in [4.78, 5) is 0. The molecule has 1 saturated carbocycles. The number of nitrogens with one attached hydrogen (secondary N) is 1. The van der Waals surface area contributed by atoms with Gasteiger partial charge < -0.3 is 5.32 Å². The number of aryl methyl sites for hydroxylation is 1. The lowest BCUT2D eigenvalue weighted by Gasteiger charge is -2.08. The Bertz CT molecular complexity index is 532. The van der Waals surface area contributed by atoms with Crippen LogP contribution in [0, 0.1) is 12.8 Å². The molecule has 0 aliphatic heterocycles. The van der Waals surface area contributed by atoms with Gasteiger partial charge in [0, 0.05) is 17.3 Å². The predicted octanol–water partition coefficient (Wildman–Crippen LogP) is 3.15. The second-order valence-corrected chi connectivity index (χ2v) is 4.84. The van der Waals surface area contributed by atoms with Crippen LogP contribution in [-0.4, -0.2) is 16.7 Å². The highest BCUT2D eigenvalue weighted by atomic mass is 15.2. The van der Waals surface area contributed by atoms with Gasteiger partial charge in [-0.05, 0) is 19.3 Å². The number of rotatable bonds is 4. The Morgan fingerprint density at radius 3 is 2.71 bits per heavy atom. The Hall–Kier alpha value is -1.64. The first-order chi connectivity index (χ1) is 8.34. The summed E-state index contributed by atoms with van der Waals surface area (Å²) in [7, 11) is 0. The standard InChI is InChI=1S/C14H17N3/c1-10-12-4-2-3-5-13(12)14(17-16-10)15-9-8-11-6-7-11/h2-5,11H,6-9H2,1H3,(H,15,17). The van der Waals surface area contributed by atoms with Gasteiger partial charge in [0.25, 0.3) is 0 Å². The second kappa shape index (κ2) is 4.32. The van der Waals surface area contributed by atoms with Crippen LogP contribution in [0.2, 0.25) is 0 Å². The molecule has 0 spiro atoms. The summed E-state index contributed by atoms with van der Waals surface area (Å²) in [5.74, 6) is 1.87. The molecule has 1 fully saturated rings. The monoisotopic (exact) mass is 227 g/mol. The average Bonchev–Trinajstić information content (AvgIpc) is 3.17. The molecule has 1 aliphatic carbocycles. The van der Waals surface area contributed by atoms with Gasteiger partial charge in [-0.2, -0.15) is 5.10 Å². The van der Waals surface area contributed by atoms with Gasteiger partial charge in [0.15, 0.2) is 5.82 Å². The zero-order valence-electron chi connectivity index (χ0n) is 10.1. The highest BCUT2D eigenvalue weighted by Gasteiger charge is 2.20. The minimum absolute atomic E-state index is 0.923. The lowest BCUT2D eigenvalue weighted by molar-refractivity contribution is 0.757. The fraction of sp³-hybridized carbons (Fsp3) is 0.429. The normalized spacial score (nSPS) is 15.1. The van der Waals surface area contributed by atoms with E-state index >= 15 is 0 Å². The first-order valence-corrected chi connectivity index (χ1v) is 6.30. The molecule has 1 aromatic carbocycles. The number of nitrogens with zero attached hydrogens (tertiary/aromatic N) is 2. The second-order valence-electron chi connectivity index (χ2n) is 4.84. The van der Waals surface area contributed by atoms with Crippen molar-refractivity contribution >= 4 is 16.6 Å². The maximum Gasteiger partial charge on any atom is 0.156 e. The number of fused-ring (bicyclic) bond motifs is 1. The highest BCUT2D eigenvalue weighted by Crippen LogP contribution is 2.32. The molecule has 1 aliphatic rings. The molecular weight excluding hydrogens is 210 g/mol. The van der Waals surface area contributed by atoms with Crippen molar-refractivity contribution in [3.05, 3.63) is 30.0 Å². The quantitative estimate of drug-likeness (QED) is 0.872. The maximum atomic E-state index is 4.26. The molecule has 1 N–H and O–H groups in total. The van der Waals surface area contributed by atoms with E-state index in [9.17, 15) is 0 Å². The van der Waals surface area contributed by atoms with Gasteiger partial charge in [0.05, 0.1) is 5.69 Å². The topological polar surface area (TPSA) is 37.8 Å². The van der Waals surface area contributed by atoms with Crippen molar-refractivity contribution in [2.24, 2.45) is 5.92 Å². The predicted molar refractivity (Wildman–Crippen MR) is 70.1 cm³/mol. The lowest BCUT2D eigenvalue weighted by atomic mass is 10.1. The fourth-order valence-electron chi connectivity index (χ4n) is 2.17.